The van der Waals surface area contributed by atoms with Crippen LogP contribution < -0.4 is 14.8 Å². The Kier molecular flexibility index (Phi) is 7.33. The second-order valence-corrected chi connectivity index (χ2v) is 5.36. The Morgan fingerprint density at radius 2 is 2.21 bits per heavy atom. The topological polar surface area (TPSA) is 83.8 Å². The van der Waals surface area contributed by atoms with E-state index in [-0.39, 0.29) is 12.3 Å². The first-order chi connectivity index (χ1) is 11.7. The van der Waals surface area contributed by atoms with Gasteiger partial charge in [-0.05, 0) is 6.07 Å². The highest BCUT2D eigenvalue weighted by molar-refractivity contribution is 5.78. The summed E-state index contributed by atoms with van der Waals surface area (Å²) in [5.41, 5.74) is 0.822. The van der Waals surface area contributed by atoms with Crippen LogP contribution in [0.4, 0.5) is 0 Å². The number of nitriles is 1. The number of nitrogens with zero attached hydrogens (tertiary/aromatic N) is 2. The summed E-state index contributed by atoms with van der Waals surface area (Å²) >= 11 is 0. The zero-order valence-electron chi connectivity index (χ0n) is 13.9. The monoisotopic (exact) mass is 333 g/mol. The van der Waals surface area contributed by atoms with Gasteiger partial charge in [-0.3, -0.25) is 9.69 Å². The van der Waals surface area contributed by atoms with Crippen molar-refractivity contribution in [2.75, 3.05) is 46.6 Å². The average molecular weight is 333 g/mol. The second kappa shape index (κ2) is 9.75. The zero-order valence-corrected chi connectivity index (χ0v) is 13.9. The summed E-state index contributed by atoms with van der Waals surface area (Å²) in [5.74, 6) is 0.953. The van der Waals surface area contributed by atoms with Crippen molar-refractivity contribution in [3.8, 4) is 17.6 Å². The van der Waals surface area contributed by atoms with Gasteiger partial charge in [0.15, 0.2) is 11.5 Å². The van der Waals surface area contributed by atoms with Crippen LogP contribution in [0.15, 0.2) is 18.2 Å². The minimum Gasteiger partial charge on any atom is -0.493 e. The van der Waals surface area contributed by atoms with Gasteiger partial charge in [0.05, 0.1) is 26.4 Å². The highest BCUT2D eigenvalue weighted by Gasteiger charge is 2.14. The smallest absolute Gasteiger partial charge is 0.234 e. The standard InChI is InChI=1S/C17H23N3O4/c1-22-15-4-2-3-14(13-19-16(21)5-6-18)17(15)24-12-9-20-7-10-23-11-8-20/h2-4H,5,7-13H2,1H3,(H,19,21). The molecule has 0 aromatic heterocycles. The van der Waals surface area contributed by atoms with Crippen LogP contribution in [0.2, 0.25) is 0 Å². The quantitative estimate of drug-likeness (QED) is 0.762. The first-order valence-electron chi connectivity index (χ1n) is 7.97. The van der Waals surface area contributed by atoms with Crippen molar-refractivity contribution in [3.05, 3.63) is 23.8 Å². The van der Waals surface area contributed by atoms with Crippen LogP contribution in [0.25, 0.3) is 0 Å². The normalized spacial score (nSPS) is 14.7. The maximum Gasteiger partial charge on any atom is 0.234 e. The van der Waals surface area contributed by atoms with Crippen LogP contribution in [0, 0.1) is 11.3 Å². The number of ether oxygens (including phenoxy) is 3. The highest BCUT2D eigenvalue weighted by atomic mass is 16.5. The predicted octanol–water partition coefficient (Wildman–Crippen LogP) is 0.936. The summed E-state index contributed by atoms with van der Waals surface area (Å²) in [4.78, 5) is 13.8. The van der Waals surface area contributed by atoms with Crippen LogP contribution >= 0.6 is 0 Å². The predicted molar refractivity (Wildman–Crippen MR) is 87.8 cm³/mol. The molecule has 2 rings (SSSR count). The molecule has 1 saturated heterocycles. The first kappa shape index (κ1) is 18.0. The fourth-order valence-electron chi connectivity index (χ4n) is 2.45. The van der Waals surface area contributed by atoms with Gasteiger partial charge in [0.2, 0.25) is 5.91 Å². The van der Waals surface area contributed by atoms with E-state index in [1.165, 1.54) is 0 Å². The number of rotatable bonds is 8. The first-order valence-corrected chi connectivity index (χ1v) is 7.97. The molecule has 7 heteroatoms. The minimum absolute atomic E-state index is 0.156. The molecule has 0 spiro atoms. The molecular weight excluding hydrogens is 310 g/mol. The van der Waals surface area contributed by atoms with Gasteiger partial charge in [0, 0.05) is 31.7 Å². The van der Waals surface area contributed by atoms with Crippen LogP contribution in [0.3, 0.4) is 0 Å². The summed E-state index contributed by atoms with van der Waals surface area (Å²) in [6, 6.07) is 7.37. The van der Waals surface area contributed by atoms with E-state index in [1.807, 2.05) is 24.3 Å². The SMILES string of the molecule is COc1cccc(CNC(=O)CC#N)c1OCCN1CCOCC1. The summed E-state index contributed by atoms with van der Waals surface area (Å²) in [6.07, 6.45) is -0.156. The summed E-state index contributed by atoms with van der Waals surface area (Å²) in [7, 11) is 1.59. The third kappa shape index (κ3) is 5.41. The molecule has 1 heterocycles. The molecule has 0 atom stereocenters. The minimum atomic E-state index is -0.306. The summed E-state index contributed by atoms with van der Waals surface area (Å²) in [6.45, 7) is 4.96. The molecule has 0 bridgehead atoms. The fourth-order valence-corrected chi connectivity index (χ4v) is 2.45. The lowest BCUT2D eigenvalue weighted by atomic mass is 10.2. The van der Waals surface area contributed by atoms with Gasteiger partial charge >= 0.3 is 0 Å². The third-order valence-corrected chi connectivity index (χ3v) is 3.75. The number of para-hydroxylation sites is 1. The molecule has 0 saturated carbocycles. The van der Waals surface area contributed by atoms with Crippen LogP contribution in [0.1, 0.15) is 12.0 Å². The molecule has 0 radical (unpaired) electrons. The number of carbonyl (C=O) groups is 1. The molecule has 1 aromatic carbocycles. The molecule has 1 aromatic rings. The van der Waals surface area contributed by atoms with E-state index in [2.05, 4.69) is 10.2 Å². The van der Waals surface area contributed by atoms with Gasteiger partial charge in [-0.15, -0.1) is 0 Å². The van der Waals surface area contributed by atoms with E-state index in [0.717, 1.165) is 38.4 Å². The molecule has 7 nitrogen and oxygen atoms in total. The maximum absolute atomic E-state index is 11.5. The van der Waals surface area contributed by atoms with Crippen LogP contribution in [0.5, 0.6) is 11.5 Å². The Morgan fingerprint density at radius 3 is 2.92 bits per heavy atom. The number of methoxy groups -OCH3 is 1. The fraction of sp³-hybridized carbons (Fsp3) is 0.529. The van der Waals surface area contributed by atoms with Gasteiger partial charge in [-0.1, -0.05) is 12.1 Å². The Bertz CT molecular complexity index is 580. The van der Waals surface area contributed by atoms with Crippen molar-refractivity contribution < 1.29 is 19.0 Å². The largest absolute Gasteiger partial charge is 0.493 e. The zero-order chi connectivity index (χ0) is 17.2. The van der Waals surface area contributed by atoms with Crippen molar-refractivity contribution in [1.82, 2.24) is 10.2 Å². The third-order valence-electron chi connectivity index (χ3n) is 3.75. The molecule has 1 aliphatic rings. The number of nitrogens with one attached hydrogen (secondary N) is 1. The molecule has 1 aliphatic heterocycles. The van der Waals surface area contributed by atoms with Gasteiger partial charge in [-0.2, -0.15) is 5.26 Å². The van der Waals surface area contributed by atoms with Gasteiger partial charge in [0.1, 0.15) is 13.0 Å². The number of carbonyl (C=O) groups excluding carboxylic acids is 1. The molecule has 130 valence electrons. The van der Waals surface area contributed by atoms with E-state index in [0.29, 0.717) is 24.7 Å². The van der Waals surface area contributed by atoms with Crippen molar-refractivity contribution in [2.45, 2.75) is 13.0 Å². The Morgan fingerprint density at radius 1 is 1.42 bits per heavy atom. The number of amides is 1. The Labute approximate surface area is 142 Å². The van der Waals surface area contributed by atoms with Gasteiger partial charge in [-0.25, -0.2) is 0 Å². The number of hydrogen-bond donors (Lipinski definition) is 1. The molecule has 1 fully saturated rings. The molecule has 1 N–H and O–H groups in total. The maximum atomic E-state index is 11.5. The van der Waals surface area contributed by atoms with Crippen molar-refractivity contribution in [3.63, 3.8) is 0 Å². The van der Waals surface area contributed by atoms with E-state index in [4.69, 9.17) is 19.5 Å². The van der Waals surface area contributed by atoms with E-state index >= 15 is 0 Å². The van der Waals surface area contributed by atoms with Crippen molar-refractivity contribution >= 4 is 5.91 Å². The number of benzene rings is 1. The lowest BCUT2D eigenvalue weighted by Crippen LogP contribution is -2.38. The van der Waals surface area contributed by atoms with Crippen LogP contribution in [-0.2, 0) is 16.1 Å². The van der Waals surface area contributed by atoms with Crippen molar-refractivity contribution in [2.24, 2.45) is 0 Å². The van der Waals surface area contributed by atoms with Crippen LogP contribution in [-0.4, -0.2) is 57.4 Å². The van der Waals surface area contributed by atoms with Gasteiger partial charge in [0.25, 0.3) is 0 Å². The summed E-state index contributed by atoms with van der Waals surface area (Å²) < 4.78 is 16.6. The molecule has 24 heavy (non-hydrogen) atoms. The number of hydrogen-bond acceptors (Lipinski definition) is 6. The summed E-state index contributed by atoms with van der Waals surface area (Å²) in [5, 5.41) is 11.2. The highest BCUT2D eigenvalue weighted by Crippen LogP contribution is 2.31. The van der Waals surface area contributed by atoms with Gasteiger partial charge < -0.3 is 19.5 Å². The Balaban J connectivity index is 1.95. The van der Waals surface area contributed by atoms with E-state index < -0.39 is 0 Å². The number of morpholine rings is 1. The lowest BCUT2D eigenvalue weighted by Gasteiger charge is -2.26. The second-order valence-electron chi connectivity index (χ2n) is 5.36. The van der Waals surface area contributed by atoms with Crippen molar-refractivity contribution in [1.29, 1.82) is 5.26 Å². The lowest BCUT2D eigenvalue weighted by molar-refractivity contribution is -0.120. The molecule has 1 amide bonds. The molecular formula is C17H23N3O4. The average Bonchev–Trinajstić information content (AvgIpc) is 2.61. The van der Waals surface area contributed by atoms with E-state index in [1.54, 1.807) is 7.11 Å². The Hall–Kier alpha value is -2.30. The van der Waals surface area contributed by atoms with E-state index in [9.17, 15) is 4.79 Å². The molecule has 0 aliphatic carbocycles. The molecule has 0 unspecified atom stereocenters.